The maximum Gasteiger partial charge on any atom is 0.253 e. The Hall–Kier alpha value is -2.60. The van der Waals surface area contributed by atoms with Crippen LogP contribution in [0.15, 0.2) is 42.7 Å². The first kappa shape index (κ1) is 17.2. The Balaban J connectivity index is 1.61. The monoisotopic (exact) mass is 340 g/mol. The number of carbonyl (C=O) groups excluding carboxylic acids is 1. The quantitative estimate of drug-likeness (QED) is 0.846. The number of benzene rings is 1. The van der Waals surface area contributed by atoms with Crippen LogP contribution in [0.4, 0.5) is 17.1 Å². The Morgan fingerprint density at radius 3 is 2.72 bits per heavy atom. The highest BCUT2D eigenvalue weighted by atomic mass is 16.5. The molecule has 0 aliphatic carbocycles. The predicted molar refractivity (Wildman–Crippen MR) is 99.6 cm³/mol. The van der Waals surface area contributed by atoms with Gasteiger partial charge in [0.1, 0.15) is 0 Å². The van der Waals surface area contributed by atoms with E-state index in [0.717, 1.165) is 36.5 Å². The van der Waals surface area contributed by atoms with Crippen LogP contribution in [-0.2, 0) is 4.74 Å². The molecule has 6 nitrogen and oxygen atoms in total. The van der Waals surface area contributed by atoms with Crippen LogP contribution in [0, 0.1) is 0 Å². The van der Waals surface area contributed by atoms with E-state index in [0.29, 0.717) is 12.1 Å². The molecule has 1 aliphatic rings. The van der Waals surface area contributed by atoms with E-state index in [4.69, 9.17) is 4.74 Å². The van der Waals surface area contributed by atoms with E-state index in [-0.39, 0.29) is 12.0 Å². The number of aromatic nitrogens is 1. The number of amides is 1. The molecule has 0 radical (unpaired) electrons. The standard InChI is InChI=1S/C19H24N4O2/c1-23(2)17-7-5-15(6-8-17)22-16-10-14(11-20-12-16)19(24)21-13-18-4-3-9-25-18/h5-8,10-12,18,22H,3-4,9,13H2,1-2H3,(H,21,24). The van der Waals surface area contributed by atoms with Crippen molar-refractivity contribution in [3.63, 3.8) is 0 Å². The van der Waals surface area contributed by atoms with E-state index in [1.165, 1.54) is 0 Å². The maximum absolute atomic E-state index is 12.3. The molecule has 0 bridgehead atoms. The summed E-state index contributed by atoms with van der Waals surface area (Å²) in [5.74, 6) is -0.130. The largest absolute Gasteiger partial charge is 0.378 e. The minimum Gasteiger partial charge on any atom is -0.378 e. The molecule has 1 amide bonds. The van der Waals surface area contributed by atoms with Gasteiger partial charge in [-0.1, -0.05) is 0 Å². The van der Waals surface area contributed by atoms with Crippen molar-refractivity contribution in [1.82, 2.24) is 10.3 Å². The number of rotatable bonds is 6. The van der Waals surface area contributed by atoms with Crippen molar-refractivity contribution in [3.05, 3.63) is 48.3 Å². The maximum atomic E-state index is 12.3. The third-order valence-corrected chi connectivity index (χ3v) is 4.19. The second-order valence-electron chi connectivity index (χ2n) is 6.37. The number of hydrogen-bond donors (Lipinski definition) is 2. The number of ether oxygens (including phenoxy) is 1. The molecule has 0 spiro atoms. The first-order chi connectivity index (χ1) is 12.1. The van der Waals surface area contributed by atoms with Crippen LogP contribution in [0.2, 0.25) is 0 Å². The zero-order valence-corrected chi connectivity index (χ0v) is 14.7. The van der Waals surface area contributed by atoms with Gasteiger partial charge in [0.15, 0.2) is 0 Å². The lowest BCUT2D eigenvalue weighted by Crippen LogP contribution is -2.31. The predicted octanol–water partition coefficient (Wildman–Crippen LogP) is 2.80. The van der Waals surface area contributed by atoms with Crippen LogP contribution in [0.25, 0.3) is 0 Å². The van der Waals surface area contributed by atoms with Crippen LogP contribution >= 0.6 is 0 Å². The van der Waals surface area contributed by atoms with Gasteiger partial charge in [0.2, 0.25) is 0 Å². The van der Waals surface area contributed by atoms with E-state index in [1.807, 2.05) is 43.3 Å². The summed E-state index contributed by atoms with van der Waals surface area (Å²) >= 11 is 0. The van der Waals surface area contributed by atoms with Gasteiger partial charge in [-0.3, -0.25) is 9.78 Å². The molecule has 25 heavy (non-hydrogen) atoms. The van der Waals surface area contributed by atoms with Crippen LogP contribution in [0.5, 0.6) is 0 Å². The number of nitrogens with one attached hydrogen (secondary N) is 2. The van der Waals surface area contributed by atoms with Crippen molar-refractivity contribution in [1.29, 1.82) is 0 Å². The Kier molecular flexibility index (Phi) is 5.50. The second kappa shape index (κ2) is 7.98. The Morgan fingerprint density at radius 2 is 2.04 bits per heavy atom. The van der Waals surface area contributed by atoms with E-state index in [1.54, 1.807) is 18.5 Å². The van der Waals surface area contributed by atoms with E-state index < -0.39 is 0 Å². The number of carbonyl (C=O) groups is 1. The van der Waals surface area contributed by atoms with Crippen LogP contribution in [0.1, 0.15) is 23.2 Å². The molecule has 6 heteroatoms. The average Bonchev–Trinajstić information content (AvgIpc) is 3.14. The molecule has 2 aromatic rings. The molecule has 1 aliphatic heterocycles. The highest BCUT2D eigenvalue weighted by Crippen LogP contribution is 2.20. The molecule has 2 heterocycles. The Morgan fingerprint density at radius 1 is 1.24 bits per heavy atom. The van der Waals surface area contributed by atoms with Crippen molar-refractivity contribution in [3.8, 4) is 0 Å². The molecule has 1 aromatic heterocycles. The number of anilines is 3. The number of hydrogen-bond acceptors (Lipinski definition) is 5. The van der Waals surface area contributed by atoms with E-state index in [9.17, 15) is 4.79 Å². The normalized spacial score (nSPS) is 16.5. The molecule has 1 atom stereocenters. The van der Waals surface area contributed by atoms with Gasteiger partial charge in [-0.2, -0.15) is 0 Å². The van der Waals surface area contributed by atoms with Crippen LogP contribution < -0.4 is 15.5 Å². The first-order valence-electron chi connectivity index (χ1n) is 8.51. The fraction of sp³-hybridized carbons (Fsp3) is 0.368. The lowest BCUT2D eigenvalue weighted by Gasteiger charge is -2.14. The van der Waals surface area contributed by atoms with Crippen molar-refractivity contribution in [2.24, 2.45) is 0 Å². The highest BCUT2D eigenvalue weighted by molar-refractivity contribution is 5.94. The summed E-state index contributed by atoms with van der Waals surface area (Å²) in [6, 6.07) is 9.87. The molecule has 1 unspecified atom stereocenters. The SMILES string of the molecule is CN(C)c1ccc(Nc2cncc(C(=O)NCC3CCCO3)c2)cc1. The van der Waals surface area contributed by atoms with Crippen molar-refractivity contribution < 1.29 is 9.53 Å². The van der Waals surface area contributed by atoms with Gasteiger partial charge in [0.25, 0.3) is 5.91 Å². The van der Waals surface area contributed by atoms with Crippen molar-refractivity contribution >= 4 is 23.0 Å². The average molecular weight is 340 g/mol. The summed E-state index contributed by atoms with van der Waals surface area (Å²) in [6.45, 7) is 1.33. The smallest absolute Gasteiger partial charge is 0.253 e. The van der Waals surface area contributed by atoms with Gasteiger partial charge in [-0.05, 0) is 43.2 Å². The molecule has 3 rings (SSSR count). The molecule has 2 N–H and O–H groups in total. The summed E-state index contributed by atoms with van der Waals surface area (Å²) < 4.78 is 5.52. The van der Waals surface area contributed by atoms with Crippen LogP contribution in [-0.4, -0.2) is 44.2 Å². The fourth-order valence-corrected chi connectivity index (χ4v) is 2.76. The van der Waals surface area contributed by atoms with Crippen molar-refractivity contribution in [2.45, 2.75) is 18.9 Å². The van der Waals surface area contributed by atoms with Crippen LogP contribution in [0.3, 0.4) is 0 Å². The molecule has 1 aromatic carbocycles. The molecule has 0 saturated carbocycles. The lowest BCUT2D eigenvalue weighted by molar-refractivity contribution is 0.0857. The molecular weight excluding hydrogens is 316 g/mol. The van der Waals surface area contributed by atoms with E-state index in [2.05, 4.69) is 15.6 Å². The zero-order chi connectivity index (χ0) is 17.6. The second-order valence-corrected chi connectivity index (χ2v) is 6.37. The molecule has 1 saturated heterocycles. The van der Waals surface area contributed by atoms with Gasteiger partial charge in [-0.25, -0.2) is 0 Å². The molecule has 1 fully saturated rings. The first-order valence-corrected chi connectivity index (χ1v) is 8.51. The minimum atomic E-state index is -0.130. The van der Waals surface area contributed by atoms with Crippen molar-refractivity contribution in [2.75, 3.05) is 37.5 Å². The minimum absolute atomic E-state index is 0.130. The molecule has 132 valence electrons. The van der Waals surface area contributed by atoms with Gasteiger partial charge in [0, 0.05) is 44.8 Å². The van der Waals surface area contributed by atoms with Gasteiger partial charge >= 0.3 is 0 Å². The summed E-state index contributed by atoms with van der Waals surface area (Å²) in [6.07, 6.45) is 5.48. The number of pyridine rings is 1. The lowest BCUT2D eigenvalue weighted by atomic mass is 10.2. The summed E-state index contributed by atoms with van der Waals surface area (Å²) in [7, 11) is 4.01. The topological polar surface area (TPSA) is 66.5 Å². The van der Waals surface area contributed by atoms with Gasteiger partial charge < -0.3 is 20.3 Å². The zero-order valence-electron chi connectivity index (χ0n) is 14.7. The summed E-state index contributed by atoms with van der Waals surface area (Å²) in [5.41, 5.74) is 3.39. The van der Waals surface area contributed by atoms with Gasteiger partial charge in [0.05, 0.1) is 23.6 Å². The Bertz CT molecular complexity index is 710. The fourth-order valence-electron chi connectivity index (χ4n) is 2.76. The third-order valence-electron chi connectivity index (χ3n) is 4.19. The van der Waals surface area contributed by atoms with E-state index >= 15 is 0 Å². The third kappa shape index (κ3) is 4.70. The highest BCUT2D eigenvalue weighted by Gasteiger charge is 2.16. The summed E-state index contributed by atoms with van der Waals surface area (Å²) in [5, 5.41) is 6.19. The number of nitrogens with zero attached hydrogens (tertiary/aromatic N) is 2. The van der Waals surface area contributed by atoms with Gasteiger partial charge in [-0.15, -0.1) is 0 Å². The molecular formula is C19H24N4O2. The Labute approximate surface area is 148 Å². The summed E-state index contributed by atoms with van der Waals surface area (Å²) in [4.78, 5) is 18.5.